The number of esters is 1. The van der Waals surface area contributed by atoms with Gasteiger partial charge in [-0.25, -0.2) is 14.5 Å². The van der Waals surface area contributed by atoms with Gasteiger partial charge in [-0.15, -0.1) is 5.10 Å². The molecule has 1 aromatic carbocycles. The lowest BCUT2D eigenvalue weighted by atomic mass is 9.95. The van der Waals surface area contributed by atoms with E-state index in [0.717, 1.165) is 11.5 Å². The Morgan fingerprint density at radius 2 is 1.90 bits per heavy atom. The van der Waals surface area contributed by atoms with Crippen LogP contribution in [0.2, 0.25) is 0 Å². The van der Waals surface area contributed by atoms with Crippen molar-refractivity contribution < 1.29 is 9.53 Å². The Balaban J connectivity index is 2.52. The maximum absolute atomic E-state index is 11.8. The average Bonchev–Trinajstić information content (AvgIpc) is 2.85. The molecular formula is C15H19N3O2. The van der Waals surface area contributed by atoms with Crippen LogP contribution in [0, 0.1) is 0 Å². The number of nitrogens with zero attached hydrogens (tertiary/aromatic N) is 3. The minimum Gasteiger partial charge on any atom is -0.460 e. The summed E-state index contributed by atoms with van der Waals surface area (Å²) in [6.07, 6.45) is 0. The van der Waals surface area contributed by atoms with E-state index < -0.39 is 5.97 Å². The fourth-order valence-electron chi connectivity index (χ4n) is 1.83. The van der Waals surface area contributed by atoms with Crippen molar-refractivity contribution in [2.75, 3.05) is 6.61 Å². The highest BCUT2D eigenvalue weighted by Crippen LogP contribution is 2.23. The van der Waals surface area contributed by atoms with E-state index in [0.29, 0.717) is 6.61 Å². The largest absolute Gasteiger partial charge is 0.460 e. The maximum atomic E-state index is 11.8. The highest BCUT2D eigenvalue weighted by molar-refractivity contribution is 5.85. The van der Waals surface area contributed by atoms with Crippen LogP contribution in [0.3, 0.4) is 0 Å². The molecular weight excluding hydrogens is 254 g/mol. The molecule has 0 atom stereocenters. The molecule has 0 aliphatic heterocycles. The second kappa shape index (κ2) is 5.45. The molecule has 0 aliphatic rings. The molecule has 0 radical (unpaired) electrons. The number of hydrogen-bond acceptors (Lipinski definition) is 4. The van der Waals surface area contributed by atoms with Gasteiger partial charge in [-0.2, -0.15) is 0 Å². The van der Waals surface area contributed by atoms with Gasteiger partial charge in [0.15, 0.2) is 0 Å². The van der Waals surface area contributed by atoms with Gasteiger partial charge in [-0.1, -0.05) is 39.0 Å². The molecule has 0 bridgehead atoms. The Morgan fingerprint density at radius 1 is 1.25 bits per heavy atom. The van der Waals surface area contributed by atoms with Gasteiger partial charge in [0.2, 0.25) is 0 Å². The number of benzene rings is 1. The monoisotopic (exact) mass is 273 g/mol. The van der Waals surface area contributed by atoms with Gasteiger partial charge in [0, 0.05) is 5.41 Å². The minimum atomic E-state index is -0.493. The van der Waals surface area contributed by atoms with Crippen LogP contribution in [0.1, 0.15) is 44.1 Å². The van der Waals surface area contributed by atoms with Gasteiger partial charge >= 0.3 is 5.97 Å². The summed E-state index contributed by atoms with van der Waals surface area (Å²) in [5.41, 5.74) is 0.647. The zero-order valence-corrected chi connectivity index (χ0v) is 12.3. The van der Waals surface area contributed by atoms with Crippen LogP contribution in [0.25, 0.3) is 5.69 Å². The lowest BCUT2D eigenvalue weighted by Crippen LogP contribution is -2.18. The second-order valence-corrected chi connectivity index (χ2v) is 5.48. The molecule has 0 aliphatic carbocycles. The lowest BCUT2D eigenvalue weighted by Gasteiger charge is -2.18. The maximum Gasteiger partial charge on any atom is 0.378 e. The fraction of sp³-hybridized carbons (Fsp3) is 0.400. The van der Waals surface area contributed by atoms with Crippen LogP contribution < -0.4 is 0 Å². The van der Waals surface area contributed by atoms with E-state index in [4.69, 9.17) is 4.74 Å². The molecule has 106 valence electrons. The summed E-state index contributed by atoms with van der Waals surface area (Å²) in [5.74, 6) is 0.333. The number of para-hydroxylation sites is 1. The van der Waals surface area contributed by atoms with Crippen molar-refractivity contribution in [3.63, 3.8) is 0 Å². The van der Waals surface area contributed by atoms with Crippen LogP contribution >= 0.6 is 0 Å². The summed E-state index contributed by atoms with van der Waals surface area (Å²) < 4.78 is 6.67. The normalized spacial score (nSPS) is 11.4. The summed E-state index contributed by atoms with van der Waals surface area (Å²) in [4.78, 5) is 16.2. The molecule has 0 N–H and O–H groups in total. The summed E-state index contributed by atoms with van der Waals surface area (Å²) in [5, 5.41) is 4.30. The van der Waals surface area contributed by atoms with E-state index in [-0.39, 0.29) is 11.2 Å². The highest BCUT2D eigenvalue weighted by Gasteiger charge is 2.26. The number of carbonyl (C=O) groups excluding carboxylic acids is 1. The lowest BCUT2D eigenvalue weighted by molar-refractivity contribution is 0.0512. The summed E-state index contributed by atoms with van der Waals surface area (Å²) in [6, 6.07) is 9.64. The van der Waals surface area contributed by atoms with Crippen LogP contribution in [0.4, 0.5) is 0 Å². The van der Waals surface area contributed by atoms with E-state index in [2.05, 4.69) is 10.1 Å². The first kappa shape index (κ1) is 14.2. The van der Waals surface area contributed by atoms with Crippen LogP contribution in [0.5, 0.6) is 0 Å². The van der Waals surface area contributed by atoms with Crippen molar-refractivity contribution in [3.05, 3.63) is 42.0 Å². The van der Waals surface area contributed by atoms with Crippen molar-refractivity contribution in [1.82, 2.24) is 14.8 Å². The van der Waals surface area contributed by atoms with E-state index in [1.54, 1.807) is 11.6 Å². The van der Waals surface area contributed by atoms with E-state index in [1.807, 2.05) is 51.1 Å². The van der Waals surface area contributed by atoms with Gasteiger partial charge in [0.1, 0.15) is 5.82 Å². The van der Waals surface area contributed by atoms with Gasteiger partial charge in [0.25, 0.3) is 5.82 Å². The standard InChI is InChI=1S/C15H19N3O2/c1-5-20-13(19)12-16-14(15(2,3)4)18(17-12)11-9-7-6-8-10-11/h6-10H,5H2,1-4H3. The van der Waals surface area contributed by atoms with E-state index in [9.17, 15) is 4.79 Å². The average molecular weight is 273 g/mol. The molecule has 0 saturated heterocycles. The Hall–Kier alpha value is -2.17. The quantitative estimate of drug-likeness (QED) is 0.807. The smallest absolute Gasteiger partial charge is 0.378 e. The Bertz CT molecular complexity index is 597. The molecule has 0 unspecified atom stereocenters. The van der Waals surface area contributed by atoms with Crippen LogP contribution in [0.15, 0.2) is 30.3 Å². The summed E-state index contributed by atoms with van der Waals surface area (Å²) >= 11 is 0. The third kappa shape index (κ3) is 2.87. The van der Waals surface area contributed by atoms with E-state index in [1.165, 1.54) is 0 Å². The first-order chi connectivity index (χ1) is 9.43. The van der Waals surface area contributed by atoms with Crippen molar-refractivity contribution in [2.24, 2.45) is 0 Å². The zero-order valence-electron chi connectivity index (χ0n) is 12.3. The number of aromatic nitrogens is 3. The number of carbonyl (C=O) groups is 1. The molecule has 5 heteroatoms. The van der Waals surface area contributed by atoms with Gasteiger partial charge < -0.3 is 4.74 Å². The predicted octanol–water partition coefficient (Wildman–Crippen LogP) is 2.74. The third-order valence-corrected chi connectivity index (χ3v) is 2.74. The zero-order chi connectivity index (χ0) is 14.8. The van der Waals surface area contributed by atoms with Crippen molar-refractivity contribution >= 4 is 5.97 Å². The molecule has 1 aromatic heterocycles. The van der Waals surface area contributed by atoms with Gasteiger partial charge in [-0.3, -0.25) is 0 Å². The van der Waals surface area contributed by atoms with Crippen LogP contribution in [-0.4, -0.2) is 27.3 Å². The number of ether oxygens (including phenoxy) is 1. The molecule has 0 fully saturated rings. The molecule has 2 aromatic rings. The molecule has 20 heavy (non-hydrogen) atoms. The van der Waals surface area contributed by atoms with Gasteiger partial charge in [-0.05, 0) is 19.1 Å². The second-order valence-electron chi connectivity index (χ2n) is 5.48. The predicted molar refractivity (Wildman–Crippen MR) is 76.0 cm³/mol. The van der Waals surface area contributed by atoms with Crippen molar-refractivity contribution in [2.45, 2.75) is 33.1 Å². The highest BCUT2D eigenvalue weighted by atomic mass is 16.5. The van der Waals surface area contributed by atoms with Crippen molar-refractivity contribution in [3.8, 4) is 5.69 Å². The molecule has 5 nitrogen and oxygen atoms in total. The summed E-state index contributed by atoms with van der Waals surface area (Å²) in [6.45, 7) is 8.17. The Kier molecular flexibility index (Phi) is 3.88. The fourth-order valence-corrected chi connectivity index (χ4v) is 1.83. The minimum absolute atomic E-state index is 0.0978. The molecule has 0 spiro atoms. The summed E-state index contributed by atoms with van der Waals surface area (Å²) in [7, 11) is 0. The first-order valence-corrected chi connectivity index (χ1v) is 6.63. The topological polar surface area (TPSA) is 57.0 Å². The molecule has 2 rings (SSSR count). The third-order valence-electron chi connectivity index (χ3n) is 2.74. The Morgan fingerprint density at radius 3 is 2.45 bits per heavy atom. The van der Waals surface area contributed by atoms with Gasteiger partial charge in [0.05, 0.1) is 12.3 Å². The number of rotatable bonds is 3. The molecule has 1 heterocycles. The van der Waals surface area contributed by atoms with Crippen LogP contribution in [-0.2, 0) is 10.2 Å². The molecule has 0 saturated carbocycles. The van der Waals surface area contributed by atoms with Crippen molar-refractivity contribution in [1.29, 1.82) is 0 Å². The van der Waals surface area contributed by atoms with E-state index >= 15 is 0 Å². The SMILES string of the molecule is CCOC(=O)c1nc(C(C)(C)C)n(-c2ccccc2)n1. The number of hydrogen-bond donors (Lipinski definition) is 0. The molecule has 0 amide bonds. The first-order valence-electron chi connectivity index (χ1n) is 6.63. The Labute approximate surface area is 118 Å².